The van der Waals surface area contributed by atoms with Gasteiger partial charge < -0.3 is 15.4 Å². The third-order valence-corrected chi connectivity index (χ3v) is 3.87. The Morgan fingerprint density at radius 3 is 2.67 bits per heavy atom. The minimum atomic E-state index is 0.0366. The Bertz CT molecular complexity index is 373. The van der Waals surface area contributed by atoms with Gasteiger partial charge in [0.05, 0.1) is 7.11 Å². The smallest absolute Gasteiger partial charge is 0.123 e. The fraction of sp³-hybridized carbons (Fsp3) is 0.600. The molecule has 0 aliphatic carbocycles. The highest BCUT2D eigenvalue weighted by Crippen LogP contribution is 2.25. The van der Waals surface area contributed by atoms with Gasteiger partial charge in [-0.2, -0.15) is 0 Å². The number of para-hydroxylation sites is 1. The van der Waals surface area contributed by atoms with E-state index in [9.17, 15) is 0 Å². The van der Waals surface area contributed by atoms with Gasteiger partial charge in [0.1, 0.15) is 5.75 Å². The highest BCUT2D eigenvalue weighted by molar-refractivity contribution is 5.35. The Morgan fingerprint density at radius 2 is 2.00 bits per heavy atom. The van der Waals surface area contributed by atoms with Gasteiger partial charge in [-0.3, -0.25) is 0 Å². The van der Waals surface area contributed by atoms with Gasteiger partial charge in [-0.25, -0.2) is 0 Å². The Morgan fingerprint density at radius 1 is 1.33 bits per heavy atom. The van der Waals surface area contributed by atoms with Crippen LogP contribution in [0.2, 0.25) is 0 Å². The second-order valence-electron chi connectivity index (χ2n) is 5.33. The molecule has 1 aliphatic rings. The van der Waals surface area contributed by atoms with E-state index in [1.54, 1.807) is 7.11 Å². The van der Waals surface area contributed by atoms with Crippen molar-refractivity contribution in [3.8, 4) is 5.75 Å². The van der Waals surface area contributed by atoms with Crippen LogP contribution in [-0.4, -0.2) is 31.6 Å². The fourth-order valence-corrected chi connectivity index (χ4v) is 2.59. The highest BCUT2D eigenvalue weighted by Gasteiger charge is 2.19. The summed E-state index contributed by atoms with van der Waals surface area (Å²) in [6.07, 6.45) is 2.58. The lowest BCUT2D eigenvalue weighted by Gasteiger charge is -2.32. The van der Waals surface area contributed by atoms with Crippen LogP contribution in [-0.2, 0) is 0 Å². The number of rotatable bonds is 4. The Labute approximate surface area is 110 Å². The third kappa shape index (κ3) is 3.24. The Kier molecular flexibility index (Phi) is 4.61. The van der Waals surface area contributed by atoms with Gasteiger partial charge in [0, 0.05) is 18.2 Å². The maximum atomic E-state index is 6.32. The van der Waals surface area contributed by atoms with E-state index in [-0.39, 0.29) is 6.04 Å². The van der Waals surface area contributed by atoms with Crippen molar-refractivity contribution in [3.63, 3.8) is 0 Å². The normalized spacial score (nSPS) is 19.7. The molecule has 1 unspecified atom stereocenters. The number of methoxy groups -OCH3 is 1. The van der Waals surface area contributed by atoms with E-state index in [1.165, 1.54) is 25.9 Å². The molecule has 2 N–H and O–H groups in total. The zero-order valence-corrected chi connectivity index (χ0v) is 11.4. The van der Waals surface area contributed by atoms with Crippen LogP contribution in [0.15, 0.2) is 24.3 Å². The van der Waals surface area contributed by atoms with Crippen LogP contribution in [0.3, 0.4) is 0 Å². The van der Waals surface area contributed by atoms with Crippen LogP contribution < -0.4 is 10.5 Å². The molecule has 1 atom stereocenters. The van der Waals surface area contributed by atoms with E-state index in [4.69, 9.17) is 10.5 Å². The molecule has 0 radical (unpaired) electrons. The van der Waals surface area contributed by atoms with Gasteiger partial charge in [0.25, 0.3) is 0 Å². The molecule has 18 heavy (non-hydrogen) atoms. The summed E-state index contributed by atoms with van der Waals surface area (Å²) in [4.78, 5) is 2.47. The first kappa shape index (κ1) is 13.4. The van der Waals surface area contributed by atoms with Gasteiger partial charge in [-0.15, -0.1) is 0 Å². The number of nitrogens with zero attached hydrogens (tertiary/aromatic N) is 1. The minimum absolute atomic E-state index is 0.0366. The number of ether oxygens (including phenoxy) is 1. The molecular weight excluding hydrogens is 224 g/mol. The lowest BCUT2D eigenvalue weighted by atomic mass is 9.98. The van der Waals surface area contributed by atoms with Crippen LogP contribution in [0, 0.1) is 5.92 Å². The standard InChI is InChI=1S/C15H24N2O/c1-12-7-9-17(10-8-12)11-14(16)13-5-3-4-6-15(13)18-2/h3-6,12,14H,7-11,16H2,1-2H3. The van der Waals surface area contributed by atoms with E-state index in [0.717, 1.165) is 23.8 Å². The molecule has 0 amide bonds. The van der Waals surface area contributed by atoms with Gasteiger partial charge in [-0.1, -0.05) is 25.1 Å². The SMILES string of the molecule is COc1ccccc1C(N)CN1CCC(C)CC1. The zero-order valence-electron chi connectivity index (χ0n) is 11.4. The van der Waals surface area contributed by atoms with E-state index >= 15 is 0 Å². The summed E-state index contributed by atoms with van der Waals surface area (Å²) < 4.78 is 5.37. The second-order valence-corrected chi connectivity index (χ2v) is 5.33. The van der Waals surface area contributed by atoms with Crippen molar-refractivity contribution < 1.29 is 4.74 Å². The quantitative estimate of drug-likeness (QED) is 0.889. The summed E-state index contributed by atoms with van der Waals surface area (Å²) in [5.41, 5.74) is 7.43. The molecule has 1 aliphatic heterocycles. The molecule has 1 aromatic rings. The van der Waals surface area contributed by atoms with Crippen LogP contribution >= 0.6 is 0 Å². The number of hydrogen-bond donors (Lipinski definition) is 1. The predicted octanol–water partition coefficient (Wildman–Crippen LogP) is 2.43. The molecule has 3 nitrogen and oxygen atoms in total. The lowest BCUT2D eigenvalue weighted by molar-refractivity contribution is 0.182. The number of nitrogens with two attached hydrogens (primary N) is 1. The van der Waals surface area contributed by atoms with E-state index in [1.807, 2.05) is 18.2 Å². The van der Waals surface area contributed by atoms with Crippen LogP contribution in [0.5, 0.6) is 5.75 Å². The summed E-state index contributed by atoms with van der Waals surface area (Å²) in [7, 11) is 1.70. The first-order valence-corrected chi connectivity index (χ1v) is 6.81. The predicted molar refractivity (Wildman–Crippen MR) is 74.8 cm³/mol. The van der Waals surface area contributed by atoms with E-state index in [0.29, 0.717) is 0 Å². The van der Waals surface area contributed by atoms with E-state index < -0.39 is 0 Å². The van der Waals surface area contributed by atoms with Gasteiger partial charge in [0.2, 0.25) is 0 Å². The van der Waals surface area contributed by atoms with Crippen LogP contribution in [0.25, 0.3) is 0 Å². The summed E-state index contributed by atoms with van der Waals surface area (Å²) in [6.45, 7) is 5.60. The van der Waals surface area contributed by atoms with Gasteiger partial charge in [0.15, 0.2) is 0 Å². The number of hydrogen-bond acceptors (Lipinski definition) is 3. The number of piperidine rings is 1. The number of benzene rings is 1. The van der Waals surface area contributed by atoms with Crippen LogP contribution in [0.1, 0.15) is 31.4 Å². The molecule has 0 bridgehead atoms. The number of likely N-dealkylation sites (tertiary alicyclic amines) is 1. The van der Waals surface area contributed by atoms with Crippen molar-refractivity contribution in [2.45, 2.75) is 25.8 Å². The molecule has 1 saturated heterocycles. The van der Waals surface area contributed by atoms with E-state index in [2.05, 4.69) is 17.9 Å². The average molecular weight is 248 g/mol. The first-order chi connectivity index (χ1) is 8.70. The molecule has 1 fully saturated rings. The highest BCUT2D eigenvalue weighted by atomic mass is 16.5. The molecular formula is C15H24N2O. The van der Waals surface area contributed by atoms with Crippen molar-refractivity contribution in [3.05, 3.63) is 29.8 Å². The summed E-state index contributed by atoms with van der Waals surface area (Å²) in [5, 5.41) is 0. The van der Waals surface area contributed by atoms with Gasteiger partial charge in [-0.05, 0) is 37.9 Å². The van der Waals surface area contributed by atoms with Crippen molar-refractivity contribution in [1.82, 2.24) is 4.90 Å². The van der Waals surface area contributed by atoms with Crippen LogP contribution in [0.4, 0.5) is 0 Å². The van der Waals surface area contributed by atoms with Crippen molar-refractivity contribution >= 4 is 0 Å². The third-order valence-electron chi connectivity index (χ3n) is 3.87. The minimum Gasteiger partial charge on any atom is -0.496 e. The molecule has 1 heterocycles. The summed E-state index contributed by atoms with van der Waals surface area (Å²) in [5.74, 6) is 1.76. The van der Waals surface area contributed by atoms with Crippen molar-refractivity contribution in [2.75, 3.05) is 26.7 Å². The zero-order chi connectivity index (χ0) is 13.0. The lowest BCUT2D eigenvalue weighted by Crippen LogP contribution is -2.38. The summed E-state index contributed by atoms with van der Waals surface area (Å²) >= 11 is 0. The Hall–Kier alpha value is -1.06. The fourth-order valence-electron chi connectivity index (χ4n) is 2.59. The molecule has 0 spiro atoms. The molecule has 3 heteroatoms. The molecule has 0 saturated carbocycles. The maximum absolute atomic E-state index is 6.32. The van der Waals surface area contributed by atoms with Crippen molar-refractivity contribution in [2.24, 2.45) is 11.7 Å². The monoisotopic (exact) mass is 248 g/mol. The Balaban J connectivity index is 1.96. The van der Waals surface area contributed by atoms with Gasteiger partial charge >= 0.3 is 0 Å². The maximum Gasteiger partial charge on any atom is 0.123 e. The largest absolute Gasteiger partial charge is 0.496 e. The molecule has 1 aromatic carbocycles. The first-order valence-electron chi connectivity index (χ1n) is 6.81. The molecule has 2 rings (SSSR count). The molecule has 100 valence electrons. The average Bonchev–Trinajstić information content (AvgIpc) is 2.41. The van der Waals surface area contributed by atoms with Crippen molar-refractivity contribution in [1.29, 1.82) is 0 Å². The topological polar surface area (TPSA) is 38.5 Å². The second kappa shape index (κ2) is 6.21. The summed E-state index contributed by atoms with van der Waals surface area (Å²) in [6, 6.07) is 8.09. The molecule has 0 aromatic heterocycles.